The lowest BCUT2D eigenvalue weighted by atomic mass is 10.1. The van der Waals surface area contributed by atoms with Crippen LogP contribution in [0.25, 0.3) is 0 Å². The molecular formula is C11H14F3N3O. The molecule has 1 aromatic rings. The number of anilines is 1. The number of hydrogen-bond donors (Lipinski definition) is 2. The minimum Gasteiger partial charge on any atom is -0.395 e. The number of nitrogens with one attached hydrogen (secondary N) is 1. The Morgan fingerprint density at radius 1 is 1.50 bits per heavy atom. The monoisotopic (exact) mass is 261 g/mol. The highest BCUT2D eigenvalue weighted by Crippen LogP contribution is 2.35. The van der Waals surface area contributed by atoms with Gasteiger partial charge >= 0.3 is 6.18 Å². The van der Waals surface area contributed by atoms with E-state index in [4.69, 9.17) is 5.11 Å². The highest BCUT2D eigenvalue weighted by Gasteiger charge is 2.36. The summed E-state index contributed by atoms with van der Waals surface area (Å²) in [6.07, 6.45) is -3.07. The molecule has 0 unspecified atom stereocenters. The molecule has 7 heteroatoms. The predicted molar refractivity (Wildman–Crippen MR) is 60.3 cm³/mol. The Labute approximate surface area is 102 Å². The normalized spacial score (nSPS) is 21.1. The van der Waals surface area contributed by atoms with Crippen molar-refractivity contribution < 1.29 is 18.3 Å². The molecule has 2 N–H and O–H groups in total. The van der Waals surface area contributed by atoms with Crippen molar-refractivity contribution in [3.63, 3.8) is 0 Å². The number of halogens is 3. The van der Waals surface area contributed by atoms with Crippen LogP contribution in [0.2, 0.25) is 0 Å². The lowest BCUT2D eigenvalue weighted by molar-refractivity contribution is -0.137. The largest absolute Gasteiger partial charge is 0.419 e. The van der Waals surface area contributed by atoms with Gasteiger partial charge in [0.05, 0.1) is 12.2 Å². The van der Waals surface area contributed by atoms with Crippen molar-refractivity contribution in [2.75, 3.05) is 31.1 Å². The van der Waals surface area contributed by atoms with Gasteiger partial charge in [0.2, 0.25) is 0 Å². The van der Waals surface area contributed by atoms with Crippen LogP contribution in [0.3, 0.4) is 0 Å². The first-order valence-corrected chi connectivity index (χ1v) is 5.64. The van der Waals surface area contributed by atoms with Gasteiger partial charge in [-0.1, -0.05) is 0 Å². The first kappa shape index (κ1) is 13.1. The zero-order chi connectivity index (χ0) is 13.2. The van der Waals surface area contributed by atoms with E-state index in [1.165, 1.54) is 12.3 Å². The van der Waals surface area contributed by atoms with E-state index in [1.54, 1.807) is 4.90 Å². The smallest absolute Gasteiger partial charge is 0.395 e. The van der Waals surface area contributed by atoms with Gasteiger partial charge in [-0.05, 0) is 12.1 Å². The van der Waals surface area contributed by atoms with Crippen molar-refractivity contribution in [2.24, 2.45) is 0 Å². The zero-order valence-corrected chi connectivity index (χ0v) is 9.61. The molecule has 1 aromatic heterocycles. The average Bonchev–Trinajstić information content (AvgIpc) is 2.38. The van der Waals surface area contributed by atoms with Crippen molar-refractivity contribution in [2.45, 2.75) is 12.2 Å². The van der Waals surface area contributed by atoms with E-state index >= 15 is 0 Å². The van der Waals surface area contributed by atoms with Crippen molar-refractivity contribution in [1.82, 2.24) is 10.3 Å². The van der Waals surface area contributed by atoms with E-state index in [2.05, 4.69) is 10.3 Å². The second-order valence-electron chi connectivity index (χ2n) is 4.15. The average molecular weight is 261 g/mol. The molecule has 0 amide bonds. The van der Waals surface area contributed by atoms with Gasteiger partial charge in [-0.15, -0.1) is 0 Å². The molecule has 0 radical (unpaired) electrons. The number of aliphatic hydroxyl groups excluding tert-OH is 1. The summed E-state index contributed by atoms with van der Waals surface area (Å²) < 4.78 is 38.6. The summed E-state index contributed by atoms with van der Waals surface area (Å²) >= 11 is 0. The van der Waals surface area contributed by atoms with Crippen LogP contribution < -0.4 is 10.2 Å². The first-order chi connectivity index (χ1) is 8.52. The van der Waals surface area contributed by atoms with Crippen molar-refractivity contribution in [1.29, 1.82) is 0 Å². The van der Waals surface area contributed by atoms with E-state index in [0.29, 0.717) is 19.6 Å². The van der Waals surface area contributed by atoms with Crippen LogP contribution in [0.5, 0.6) is 0 Å². The molecule has 2 rings (SSSR count). The molecule has 0 spiro atoms. The summed E-state index contributed by atoms with van der Waals surface area (Å²) in [7, 11) is 0. The number of rotatable bonds is 2. The Bertz CT molecular complexity index is 411. The van der Waals surface area contributed by atoms with Gasteiger partial charge in [0, 0.05) is 31.9 Å². The predicted octanol–water partition coefficient (Wildman–Crippen LogP) is 0.871. The first-order valence-electron chi connectivity index (χ1n) is 5.64. The van der Waals surface area contributed by atoms with Gasteiger partial charge < -0.3 is 15.3 Å². The van der Waals surface area contributed by atoms with Gasteiger partial charge in [-0.2, -0.15) is 13.2 Å². The Morgan fingerprint density at radius 2 is 2.28 bits per heavy atom. The molecule has 0 aliphatic carbocycles. The van der Waals surface area contributed by atoms with Crippen LogP contribution in [0, 0.1) is 0 Å². The fourth-order valence-electron chi connectivity index (χ4n) is 2.01. The maximum atomic E-state index is 12.9. The van der Waals surface area contributed by atoms with Crippen LogP contribution in [-0.2, 0) is 6.18 Å². The quantitative estimate of drug-likeness (QED) is 0.829. The molecule has 1 fully saturated rings. The van der Waals surface area contributed by atoms with E-state index in [9.17, 15) is 13.2 Å². The van der Waals surface area contributed by atoms with Crippen molar-refractivity contribution in [3.05, 3.63) is 23.9 Å². The molecule has 18 heavy (non-hydrogen) atoms. The molecule has 0 saturated carbocycles. The molecule has 1 saturated heterocycles. The van der Waals surface area contributed by atoms with E-state index in [1.807, 2.05) is 0 Å². The fourth-order valence-corrected chi connectivity index (χ4v) is 2.01. The summed E-state index contributed by atoms with van der Waals surface area (Å²) in [5, 5.41) is 12.1. The number of hydrogen-bond acceptors (Lipinski definition) is 4. The van der Waals surface area contributed by atoms with Crippen LogP contribution in [0.1, 0.15) is 5.56 Å². The van der Waals surface area contributed by atoms with E-state index < -0.39 is 11.7 Å². The van der Waals surface area contributed by atoms with Crippen molar-refractivity contribution >= 4 is 5.82 Å². The maximum Gasteiger partial charge on any atom is 0.419 e. The standard InChI is InChI=1S/C11H14F3N3O/c12-11(13,14)9-2-1-3-16-10(9)17-5-4-15-8(6-17)7-18/h1-3,8,15,18H,4-7H2/t8-/m1/s1. The maximum absolute atomic E-state index is 12.9. The minimum absolute atomic E-state index is 0.0649. The van der Waals surface area contributed by atoms with E-state index in [-0.39, 0.29) is 18.5 Å². The number of aromatic nitrogens is 1. The third kappa shape index (κ3) is 2.73. The van der Waals surface area contributed by atoms with Crippen LogP contribution in [-0.4, -0.2) is 42.4 Å². The molecule has 1 atom stereocenters. The lowest BCUT2D eigenvalue weighted by Gasteiger charge is -2.34. The molecular weight excluding hydrogens is 247 g/mol. The summed E-state index contributed by atoms with van der Waals surface area (Å²) in [6.45, 7) is 1.18. The molecule has 1 aliphatic heterocycles. The highest BCUT2D eigenvalue weighted by atomic mass is 19.4. The number of piperazine rings is 1. The second-order valence-corrected chi connectivity index (χ2v) is 4.15. The summed E-state index contributed by atoms with van der Waals surface area (Å²) in [4.78, 5) is 5.39. The molecule has 4 nitrogen and oxygen atoms in total. The Kier molecular flexibility index (Phi) is 3.72. The Morgan fingerprint density at radius 3 is 2.94 bits per heavy atom. The van der Waals surface area contributed by atoms with Gasteiger partial charge in [0.1, 0.15) is 5.82 Å². The second kappa shape index (κ2) is 5.11. The Hall–Kier alpha value is -1.34. The number of aliphatic hydroxyl groups is 1. The molecule has 0 aromatic carbocycles. The minimum atomic E-state index is -4.41. The lowest BCUT2D eigenvalue weighted by Crippen LogP contribution is -2.53. The third-order valence-electron chi connectivity index (χ3n) is 2.87. The van der Waals surface area contributed by atoms with Crippen LogP contribution in [0.4, 0.5) is 19.0 Å². The molecule has 2 heterocycles. The number of alkyl halides is 3. The van der Waals surface area contributed by atoms with Crippen LogP contribution >= 0.6 is 0 Å². The van der Waals surface area contributed by atoms with Gasteiger partial charge in [0.15, 0.2) is 0 Å². The molecule has 0 bridgehead atoms. The number of nitrogens with zero attached hydrogens (tertiary/aromatic N) is 2. The van der Waals surface area contributed by atoms with Gasteiger partial charge in [-0.25, -0.2) is 4.98 Å². The highest BCUT2D eigenvalue weighted by molar-refractivity contribution is 5.49. The molecule has 100 valence electrons. The summed E-state index contributed by atoms with van der Waals surface area (Å²) in [5.74, 6) is -0.0649. The molecule has 1 aliphatic rings. The topological polar surface area (TPSA) is 48.4 Å². The van der Waals surface area contributed by atoms with Crippen molar-refractivity contribution in [3.8, 4) is 0 Å². The Balaban J connectivity index is 2.27. The number of pyridine rings is 1. The summed E-state index contributed by atoms with van der Waals surface area (Å²) in [6, 6.07) is 2.08. The van der Waals surface area contributed by atoms with Crippen LogP contribution in [0.15, 0.2) is 18.3 Å². The third-order valence-corrected chi connectivity index (χ3v) is 2.87. The fraction of sp³-hybridized carbons (Fsp3) is 0.545. The summed E-state index contributed by atoms with van der Waals surface area (Å²) in [5.41, 5.74) is -0.733. The zero-order valence-electron chi connectivity index (χ0n) is 9.61. The van der Waals surface area contributed by atoms with Gasteiger partial charge in [0.25, 0.3) is 0 Å². The van der Waals surface area contributed by atoms with Gasteiger partial charge in [-0.3, -0.25) is 0 Å². The van der Waals surface area contributed by atoms with E-state index in [0.717, 1.165) is 6.07 Å². The SMILES string of the molecule is OC[C@H]1CN(c2ncccc2C(F)(F)F)CCN1.